The highest BCUT2D eigenvalue weighted by molar-refractivity contribution is 5.72. The average Bonchev–Trinajstić information content (AvgIpc) is 2.26. The third-order valence-electron chi connectivity index (χ3n) is 2.19. The molecule has 0 unspecified atom stereocenters. The second-order valence-electron chi connectivity index (χ2n) is 3.37. The Balaban J connectivity index is 2.41. The lowest BCUT2D eigenvalue weighted by Crippen LogP contribution is -2.33. The quantitative estimate of drug-likeness (QED) is 0.658. The molecule has 0 saturated heterocycles. The lowest BCUT2D eigenvalue weighted by molar-refractivity contribution is -0.152. The SMILES string of the molecule is O=C(O)[C@H](O)[C@@H](O)CCc1ccccc1. The number of aliphatic hydroxyl groups is 2. The Bertz CT molecular complexity index is 310. The Labute approximate surface area is 87.8 Å². The number of hydrogen-bond acceptors (Lipinski definition) is 3. The van der Waals surface area contributed by atoms with E-state index in [0.29, 0.717) is 6.42 Å². The highest BCUT2D eigenvalue weighted by Crippen LogP contribution is 2.07. The summed E-state index contributed by atoms with van der Waals surface area (Å²) in [6.07, 6.45) is -2.14. The number of carbonyl (C=O) groups is 1. The largest absolute Gasteiger partial charge is 0.479 e. The summed E-state index contributed by atoms with van der Waals surface area (Å²) in [6.45, 7) is 0. The maximum Gasteiger partial charge on any atom is 0.335 e. The van der Waals surface area contributed by atoms with Gasteiger partial charge in [-0.15, -0.1) is 0 Å². The molecule has 4 nitrogen and oxygen atoms in total. The minimum atomic E-state index is -1.70. The van der Waals surface area contributed by atoms with E-state index in [1.165, 1.54) is 0 Å². The first-order chi connectivity index (χ1) is 7.11. The summed E-state index contributed by atoms with van der Waals surface area (Å²) in [7, 11) is 0. The molecular formula is C11H14O4. The predicted octanol–water partition coefficient (Wildman–Crippen LogP) is 0.426. The maximum absolute atomic E-state index is 10.3. The Hall–Kier alpha value is -1.39. The second-order valence-corrected chi connectivity index (χ2v) is 3.37. The minimum Gasteiger partial charge on any atom is -0.479 e. The van der Waals surface area contributed by atoms with E-state index in [4.69, 9.17) is 10.2 Å². The number of rotatable bonds is 5. The van der Waals surface area contributed by atoms with Crippen molar-refractivity contribution in [3.05, 3.63) is 35.9 Å². The summed E-state index contributed by atoms with van der Waals surface area (Å²) in [5.74, 6) is -1.39. The van der Waals surface area contributed by atoms with Gasteiger partial charge in [-0.25, -0.2) is 4.79 Å². The van der Waals surface area contributed by atoms with Crippen LogP contribution in [0.2, 0.25) is 0 Å². The summed E-state index contributed by atoms with van der Waals surface area (Å²) in [5, 5.41) is 26.8. The van der Waals surface area contributed by atoms with E-state index in [2.05, 4.69) is 0 Å². The van der Waals surface area contributed by atoms with Crippen LogP contribution in [0.3, 0.4) is 0 Å². The molecule has 0 bridgehead atoms. The van der Waals surface area contributed by atoms with Crippen LogP contribution in [0, 0.1) is 0 Å². The van der Waals surface area contributed by atoms with Crippen LogP contribution in [0.4, 0.5) is 0 Å². The average molecular weight is 210 g/mol. The highest BCUT2D eigenvalue weighted by atomic mass is 16.4. The summed E-state index contributed by atoms with van der Waals surface area (Å²) in [4.78, 5) is 10.3. The van der Waals surface area contributed by atoms with Gasteiger partial charge in [-0.3, -0.25) is 0 Å². The van der Waals surface area contributed by atoms with Gasteiger partial charge < -0.3 is 15.3 Å². The van der Waals surface area contributed by atoms with Crippen molar-refractivity contribution in [1.29, 1.82) is 0 Å². The van der Waals surface area contributed by atoms with Gasteiger partial charge in [0, 0.05) is 0 Å². The van der Waals surface area contributed by atoms with Gasteiger partial charge in [-0.2, -0.15) is 0 Å². The molecule has 0 saturated carbocycles. The molecule has 0 spiro atoms. The van der Waals surface area contributed by atoms with Gasteiger partial charge in [0.2, 0.25) is 0 Å². The predicted molar refractivity (Wildman–Crippen MR) is 54.4 cm³/mol. The van der Waals surface area contributed by atoms with E-state index in [-0.39, 0.29) is 6.42 Å². The van der Waals surface area contributed by atoms with Crippen LogP contribution in [0.25, 0.3) is 0 Å². The Morgan fingerprint density at radius 3 is 2.33 bits per heavy atom. The number of aliphatic hydroxyl groups excluding tert-OH is 2. The number of benzene rings is 1. The van der Waals surface area contributed by atoms with Crippen LogP contribution in [0.15, 0.2) is 30.3 Å². The number of carboxylic acid groups (broad SMARTS) is 1. The third kappa shape index (κ3) is 3.69. The molecule has 1 rings (SSSR count). The Kier molecular flexibility index (Phi) is 4.27. The Morgan fingerprint density at radius 2 is 1.80 bits per heavy atom. The fourth-order valence-electron chi connectivity index (χ4n) is 1.28. The molecule has 1 aromatic rings. The maximum atomic E-state index is 10.3. The van der Waals surface area contributed by atoms with Crippen molar-refractivity contribution in [2.75, 3.05) is 0 Å². The number of aliphatic carboxylic acids is 1. The topological polar surface area (TPSA) is 77.8 Å². The molecule has 0 aliphatic carbocycles. The monoisotopic (exact) mass is 210 g/mol. The molecule has 0 heterocycles. The van der Waals surface area contributed by atoms with Crippen molar-refractivity contribution in [1.82, 2.24) is 0 Å². The fraction of sp³-hybridized carbons (Fsp3) is 0.364. The standard InChI is InChI=1S/C11H14O4/c12-9(10(13)11(14)15)7-6-8-4-2-1-3-5-8/h1-5,9-10,12-13H,6-7H2,(H,14,15)/t9-,10+/m0/s1. The van der Waals surface area contributed by atoms with Crippen molar-refractivity contribution < 1.29 is 20.1 Å². The summed E-state index contributed by atoms with van der Waals surface area (Å²) < 4.78 is 0. The third-order valence-corrected chi connectivity index (χ3v) is 2.19. The molecule has 4 heteroatoms. The molecule has 0 radical (unpaired) electrons. The number of aryl methyl sites for hydroxylation is 1. The molecule has 3 N–H and O–H groups in total. The molecule has 2 atom stereocenters. The van der Waals surface area contributed by atoms with Gasteiger partial charge in [-0.1, -0.05) is 30.3 Å². The first kappa shape index (κ1) is 11.7. The van der Waals surface area contributed by atoms with E-state index >= 15 is 0 Å². The molecule has 0 aliphatic rings. The zero-order valence-electron chi connectivity index (χ0n) is 8.21. The van der Waals surface area contributed by atoms with Crippen LogP contribution in [-0.4, -0.2) is 33.5 Å². The lowest BCUT2D eigenvalue weighted by atomic mass is 10.0. The number of hydrogen-bond donors (Lipinski definition) is 3. The van der Waals surface area contributed by atoms with Crippen LogP contribution in [0.1, 0.15) is 12.0 Å². The molecule has 0 fully saturated rings. The molecule has 0 amide bonds. The van der Waals surface area contributed by atoms with E-state index in [9.17, 15) is 9.90 Å². The van der Waals surface area contributed by atoms with Gasteiger partial charge in [0.05, 0.1) is 6.10 Å². The van der Waals surface area contributed by atoms with Crippen LogP contribution < -0.4 is 0 Å². The van der Waals surface area contributed by atoms with Crippen LogP contribution in [-0.2, 0) is 11.2 Å². The van der Waals surface area contributed by atoms with E-state index in [1.807, 2.05) is 30.3 Å². The molecule has 82 valence electrons. The lowest BCUT2D eigenvalue weighted by Gasteiger charge is -2.13. The fourth-order valence-corrected chi connectivity index (χ4v) is 1.28. The van der Waals surface area contributed by atoms with Gasteiger partial charge in [0.15, 0.2) is 6.10 Å². The summed E-state index contributed by atoms with van der Waals surface area (Å²) in [5.41, 5.74) is 1.01. The van der Waals surface area contributed by atoms with Crippen LogP contribution in [0.5, 0.6) is 0 Å². The van der Waals surface area contributed by atoms with Crippen molar-refractivity contribution in [3.63, 3.8) is 0 Å². The molecule has 0 aliphatic heterocycles. The van der Waals surface area contributed by atoms with E-state index in [0.717, 1.165) is 5.56 Å². The van der Waals surface area contributed by atoms with Crippen molar-refractivity contribution in [3.8, 4) is 0 Å². The molecular weight excluding hydrogens is 196 g/mol. The molecule has 0 aromatic heterocycles. The second kappa shape index (κ2) is 5.48. The van der Waals surface area contributed by atoms with E-state index < -0.39 is 18.2 Å². The smallest absolute Gasteiger partial charge is 0.335 e. The normalized spacial score (nSPS) is 14.5. The summed E-state index contributed by atoms with van der Waals surface area (Å²) >= 11 is 0. The van der Waals surface area contributed by atoms with Gasteiger partial charge in [0.1, 0.15) is 0 Å². The summed E-state index contributed by atoms with van der Waals surface area (Å²) in [6, 6.07) is 9.40. The molecule has 1 aromatic carbocycles. The minimum absolute atomic E-state index is 0.234. The van der Waals surface area contributed by atoms with Crippen molar-refractivity contribution in [2.24, 2.45) is 0 Å². The zero-order chi connectivity index (χ0) is 11.3. The highest BCUT2D eigenvalue weighted by Gasteiger charge is 2.22. The molecule has 15 heavy (non-hydrogen) atoms. The first-order valence-corrected chi connectivity index (χ1v) is 4.74. The Morgan fingerprint density at radius 1 is 1.20 bits per heavy atom. The van der Waals surface area contributed by atoms with Gasteiger partial charge >= 0.3 is 5.97 Å². The van der Waals surface area contributed by atoms with Crippen molar-refractivity contribution >= 4 is 5.97 Å². The van der Waals surface area contributed by atoms with Gasteiger partial charge in [-0.05, 0) is 18.4 Å². The van der Waals surface area contributed by atoms with E-state index in [1.54, 1.807) is 0 Å². The number of carboxylic acids is 1. The van der Waals surface area contributed by atoms with Crippen LogP contribution >= 0.6 is 0 Å². The van der Waals surface area contributed by atoms with Gasteiger partial charge in [0.25, 0.3) is 0 Å². The van der Waals surface area contributed by atoms with Crippen molar-refractivity contribution in [2.45, 2.75) is 25.0 Å². The first-order valence-electron chi connectivity index (χ1n) is 4.74. The zero-order valence-corrected chi connectivity index (χ0v) is 8.21.